The van der Waals surface area contributed by atoms with Crippen molar-refractivity contribution in [3.05, 3.63) is 12.2 Å². The van der Waals surface area contributed by atoms with Crippen LogP contribution < -0.4 is 5.32 Å². The summed E-state index contributed by atoms with van der Waals surface area (Å²) in [4.78, 5) is 11.1. The summed E-state index contributed by atoms with van der Waals surface area (Å²) in [5.74, 6) is -0.461. The van der Waals surface area contributed by atoms with Crippen LogP contribution in [-0.2, 0) is 9.53 Å². The van der Waals surface area contributed by atoms with Gasteiger partial charge in [0.25, 0.3) is 0 Å². The van der Waals surface area contributed by atoms with E-state index in [0.717, 1.165) is 0 Å². The highest BCUT2D eigenvalue weighted by molar-refractivity contribution is 5.87. The van der Waals surface area contributed by atoms with E-state index in [0.29, 0.717) is 12.0 Å². The van der Waals surface area contributed by atoms with Gasteiger partial charge in [-0.1, -0.05) is 13.5 Å². The normalized spacial score (nSPS) is 16.9. The van der Waals surface area contributed by atoms with Crippen LogP contribution in [0.25, 0.3) is 0 Å². The molecule has 0 aromatic rings. The minimum Gasteiger partial charge on any atom is -0.443 e. The molecular weight excluding hydrogens is 182 g/mol. The molecule has 0 aliphatic rings. The SMILES string of the molecule is C=C(C)C(=O)OC(C)NC(C)(O)CC. The van der Waals surface area contributed by atoms with Crippen LogP contribution in [-0.4, -0.2) is 23.0 Å². The lowest BCUT2D eigenvalue weighted by Crippen LogP contribution is -2.48. The van der Waals surface area contributed by atoms with Gasteiger partial charge in [-0.25, -0.2) is 4.79 Å². The largest absolute Gasteiger partial charge is 0.443 e. The Bertz CT molecular complexity index is 223. The molecule has 4 nitrogen and oxygen atoms in total. The standard InChI is InChI=1S/C10H19NO3/c1-6-10(5,13)11-8(4)14-9(12)7(2)3/h8,11,13H,2,6H2,1,3-5H3. The van der Waals surface area contributed by atoms with Crippen LogP contribution >= 0.6 is 0 Å². The molecule has 14 heavy (non-hydrogen) atoms. The zero-order chi connectivity index (χ0) is 11.4. The fourth-order valence-electron chi connectivity index (χ4n) is 0.831. The lowest BCUT2D eigenvalue weighted by Gasteiger charge is -2.27. The van der Waals surface area contributed by atoms with Crippen molar-refractivity contribution in [3.63, 3.8) is 0 Å². The quantitative estimate of drug-likeness (QED) is 0.398. The van der Waals surface area contributed by atoms with Gasteiger partial charge in [0.05, 0.1) is 0 Å². The Morgan fingerprint density at radius 3 is 2.57 bits per heavy atom. The monoisotopic (exact) mass is 201 g/mol. The summed E-state index contributed by atoms with van der Waals surface area (Å²) >= 11 is 0. The van der Waals surface area contributed by atoms with E-state index >= 15 is 0 Å². The van der Waals surface area contributed by atoms with Crippen molar-refractivity contribution in [1.82, 2.24) is 5.32 Å². The Morgan fingerprint density at radius 2 is 2.21 bits per heavy atom. The van der Waals surface area contributed by atoms with Gasteiger partial charge in [-0.3, -0.25) is 5.32 Å². The molecule has 82 valence electrons. The van der Waals surface area contributed by atoms with Gasteiger partial charge < -0.3 is 9.84 Å². The third-order valence-electron chi connectivity index (χ3n) is 1.83. The maximum absolute atomic E-state index is 11.1. The van der Waals surface area contributed by atoms with Gasteiger partial charge >= 0.3 is 5.97 Å². The lowest BCUT2D eigenvalue weighted by molar-refractivity contribution is -0.149. The van der Waals surface area contributed by atoms with Crippen molar-refractivity contribution in [2.75, 3.05) is 0 Å². The van der Waals surface area contributed by atoms with Crippen molar-refractivity contribution in [3.8, 4) is 0 Å². The number of esters is 1. The Hall–Kier alpha value is -0.870. The zero-order valence-corrected chi connectivity index (χ0v) is 9.26. The highest BCUT2D eigenvalue weighted by Crippen LogP contribution is 2.06. The molecule has 0 spiro atoms. The van der Waals surface area contributed by atoms with E-state index in [1.165, 1.54) is 0 Å². The summed E-state index contributed by atoms with van der Waals surface area (Å²) in [5.41, 5.74) is -0.677. The molecule has 0 bridgehead atoms. The fourth-order valence-corrected chi connectivity index (χ4v) is 0.831. The molecule has 0 aromatic heterocycles. The Kier molecular flexibility index (Phi) is 4.80. The van der Waals surface area contributed by atoms with Crippen LogP contribution in [0.5, 0.6) is 0 Å². The molecule has 0 aromatic carbocycles. The molecular formula is C10H19NO3. The molecule has 0 saturated carbocycles. The number of hydrogen-bond donors (Lipinski definition) is 2. The van der Waals surface area contributed by atoms with Crippen LogP contribution in [0.2, 0.25) is 0 Å². The van der Waals surface area contributed by atoms with E-state index in [9.17, 15) is 9.90 Å². The first kappa shape index (κ1) is 13.1. The van der Waals surface area contributed by atoms with E-state index in [2.05, 4.69) is 11.9 Å². The molecule has 0 rings (SSSR count). The van der Waals surface area contributed by atoms with Crippen molar-refractivity contribution in [2.24, 2.45) is 0 Å². The topological polar surface area (TPSA) is 58.6 Å². The van der Waals surface area contributed by atoms with E-state index in [1.807, 2.05) is 6.92 Å². The van der Waals surface area contributed by atoms with Crippen LogP contribution in [0, 0.1) is 0 Å². The minimum absolute atomic E-state index is 0.342. The maximum Gasteiger partial charge on any atom is 0.334 e. The molecule has 0 amide bonds. The molecule has 0 fully saturated rings. The molecule has 0 saturated heterocycles. The van der Waals surface area contributed by atoms with Crippen LogP contribution in [0.4, 0.5) is 0 Å². The number of ether oxygens (including phenoxy) is 1. The lowest BCUT2D eigenvalue weighted by atomic mass is 10.2. The van der Waals surface area contributed by atoms with Crippen molar-refractivity contribution in [2.45, 2.75) is 46.1 Å². The number of aliphatic hydroxyl groups is 1. The maximum atomic E-state index is 11.1. The average molecular weight is 201 g/mol. The van der Waals surface area contributed by atoms with Crippen LogP contribution in [0.3, 0.4) is 0 Å². The molecule has 0 radical (unpaired) electrons. The number of nitrogens with one attached hydrogen (secondary N) is 1. The second-order valence-electron chi connectivity index (χ2n) is 3.60. The third kappa shape index (κ3) is 4.99. The summed E-state index contributed by atoms with van der Waals surface area (Å²) in [6.07, 6.45) is -0.00347. The number of carbonyl (C=O) groups excluding carboxylic acids is 1. The van der Waals surface area contributed by atoms with Gasteiger partial charge in [0.15, 0.2) is 6.23 Å². The Morgan fingerprint density at radius 1 is 1.71 bits per heavy atom. The Balaban J connectivity index is 4.05. The average Bonchev–Trinajstić information content (AvgIpc) is 2.02. The molecule has 0 aliphatic heterocycles. The first-order valence-electron chi connectivity index (χ1n) is 4.65. The minimum atomic E-state index is -1.02. The second kappa shape index (κ2) is 5.12. The van der Waals surface area contributed by atoms with Gasteiger partial charge in [-0.2, -0.15) is 0 Å². The number of rotatable bonds is 5. The molecule has 2 atom stereocenters. The Labute approximate surface area is 85.0 Å². The van der Waals surface area contributed by atoms with Gasteiger partial charge in [0.1, 0.15) is 5.72 Å². The van der Waals surface area contributed by atoms with Crippen LogP contribution in [0.15, 0.2) is 12.2 Å². The molecule has 4 heteroatoms. The van der Waals surface area contributed by atoms with Crippen molar-refractivity contribution in [1.29, 1.82) is 0 Å². The predicted molar refractivity (Wildman–Crippen MR) is 54.4 cm³/mol. The van der Waals surface area contributed by atoms with Gasteiger partial charge in [-0.15, -0.1) is 0 Å². The van der Waals surface area contributed by atoms with E-state index < -0.39 is 17.9 Å². The van der Waals surface area contributed by atoms with Gasteiger partial charge in [0, 0.05) is 5.57 Å². The summed E-state index contributed by atoms with van der Waals surface area (Å²) in [6.45, 7) is 10.2. The highest BCUT2D eigenvalue weighted by atomic mass is 16.6. The van der Waals surface area contributed by atoms with Crippen LogP contribution in [0.1, 0.15) is 34.1 Å². The molecule has 0 heterocycles. The molecule has 2 unspecified atom stereocenters. The zero-order valence-electron chi connectivity index (χ0n) is 9.26. The molecule has 0 aliphatic carbocycles. The summed E-state index contributed by atoms with van der Waals surface area (Å²) in [5, 5.41) is 12.4. The number of carbonyl (C=O) groups is 1. The van der Waals surface area contributed by atoms with E-state index in [-0.39, 0.29) is 0 Å². The summed E-state index contributed by atoms with van der Waals surface area (Å²) < 4.78 is 4.94. The smallest absolute Gasteiger partial charge is 0.334 e. The van der Waals surface area contributed by atoms with E-state index in [1.54, 1.807) is 20.8 Å². The summed E-state index contributed by atoms with van der Waals surface area (Å²) in [6, 6.07) is 0. The fraction of sp³-hybridized carbons (Fsp3) is 0.700. The van der Waals surface area contributed by atoms with Crippen molar-refractivity contribution < 1.29 is 14.6 Å². The predicted octanol–water partition coefficient (Wildman–Crippen LogP) is 1.16. The van der Waals surface area contributed by atoms with Gasteiger partial charge in [0.2, 0.25) is 0 Å². The number of hydrogen-bond acceptors (Lipinski definition) is 4. The van der Waals surface area contributed by atoms with Gasteiger partial charge in [-0.05, 0) is 27.2 Å². The first-order valence-corrected chi connectivity index (χ1v) is 4.65. The third-order valence-corrected chi connectivity index (χ3v) is 1.83. The second-order valence-corrected chi connectivity index (χ2v) is 3.60. The highest BCUT2D eigenvalue weighted by Gasteiger charge is 2.21. The van der Waals surface area contributed by atoms with Crippen molar-refractivity contribution >= 4 is 5.97 Å². The summed E-state index contributed by atoms with van der Waals surface area (Å²) in [7, 11) is 0. The molecule has 2 N–H and O–H groups in total. The first-order chi connectivity index (χ1) is 6.28. The van der Waals surface area contributed by atoms with E-state index in [4.69, 9.17) is 4.74 Å².